The Morgan fingerprint density at radius 3 is 2.52 bits per heavy atom. The number of nitro benzene ring substituents is 1. The van der Waals surface area contributed by atoms with Gasteiger partial charge in [-0.2, -0.15) is 0 Å². The van der Waals surface area contributed by atoms with Gasteiger partial charge in [-0.15, -0.1) is 0 Å². The second-order valence-corrected chi connectivity index (χ2v) is 6.44. The van der Waals surface area contributed by atoms with E-state index in [9.17, 15) is 24.8 Å². The molecule has 0 aromatic heterocycles. The van der Waals surface area contributed by atoms with Gasteiger partial charge in [-0.3, -0.25) is 25.1 Å². The number of phenolic OH excluding ortho intramolecular Hbond substituents is 1. The van der Waals surface area contributed by atoms with Crippen LogP contribution >= 0.6 is 11.6 Å². The molecule has 138 valence electrons. The van der Waals surface area contributed by atoms with Crippen molar-refractivity contribution >= 4 is 40.9 Å². The zero-order valence-electron chi connectivity index (χ0n) is 14.3. The number of halogens is 1. The van der Waals surface area contributed by atoms with Gasteiger partial charge in [0.1, 0.15) is 11.3 Å². The minimum Gasteiger partial charge on any atom is -0.507 e. The molecular formula is C18H14ClN3O5. The van der Waals surface area contributed by atoms with Gasteiger partial charge in [-0.25, -0.2) is 5.01 Å². The zero-order chi connectivity index (χ0) is 19.9. The summed E-state index contributed by atoms with van der Waals surface area (Å²) in [5.41, 5.74) is 3.33. The summed E-state index contributed by atoms with van der Waals surface area (Å²) >= 11 is 6.07. The van der Waals surface area contributed by atoms with Crippen LogP contribution in [0.3, 0.4) is 0 Å². The van der Waals surface area contributed by atoms with Gasteiger partial charge in [-0.1, -0.05) is 17.7 Å². The molecule has 2 N–H and O–H groups in total. The molecule has 0 spiro atoms. The number of hydrogen-bond donors (Lipinski definition) is 2. The fraction of sp³-hybridized carbons (Fsp3) is 0.111. The van der Waals surface area contributed by atoms with Gasteiger partial charge in [-0.05, 0) is 43.2 Å². The fourth-order valence-corrected chi connectivity index (χ4v) is 2.79. The van der Waals surface area contributed by atoms with Crippen LogP contribution < -0.4 is 10.4 Å². The quantitative estimate of drug-likeness (QED) is 0.364. The molecule has 0 unspecified atom stereocenters. The number of nitrogens with zero attached hydrogens (tertiary/aromatic N) is 2. The number of rotatable bonds is 3. The molecule has 3 rings (SSSR count). The van der Waals surface area contributed by atoms with E-state index < -0.39 is 16.7 Å². The SMILES string of the molecule is Cc1ccc(N2NC(=O)/C(=C\c3cc([N+](=O)[O-])cc(C)c3O)C2=O)cc1Cl. The topological polar surface area (TPSA) is 113 Å². The third kappa shape index (κ3) is 3.34. The minimum atomic E-state index is -0.694. The highest BCUT2D eigenvalue weighted by atomic mass is 35.5. The summed E-state index contributed by atoms with van der Waals surface area (Å²) in [6.45, 7) is 3.29. The van der Waals surface area contributed by atoms with Crippen molar-refractivity contribution in [2.45, 2.75) is 13.8 Å². The standard InChI is InChI=1S/C18H14ClN3O5/c1-9-3-4-12(8-15(9)19)21-18(25)14(17(24)20-21)7-11-6-13(22(26)27)5-10(2)16(11)23/h3-8,23H,1-2H3,(H,20,24)/b14-7+. The Kier molecular flexibility index (Phi) is 4.59. The Bertz CT molecular complexity index is 1030. The van der Waals surface area contributed by atoms with Crippen LogP contribution in [0.1, 0.15) is 16.7 Å². The van der Waals surface area contributed by atoms with Crippen LogP contribution in [0, 0.1) is 24.0 Å². The Labute approximate surface area is 158 Å². The first-order chi connectivity index (χ1) is 12.7. The van der Waals surface area contributed by atoms with E-state index in [2.05, 4.69) is 5.43 Å². The number of hydrogen-bond acceptors (Lipinski definition) is 5. The second-order valence-electron chi connectivity index (χ2n) is 6.03. The number of carbonyl (C=O) groups excluding carboxylic acids is 2. The van der Waals surface area contributed by atoms with E-state index in [1.807, 2.05) is 0 Å². The predicted molar refractivity (Wildman–Crippen MR) is 99.3 cm³/mol. The van der Waals surface area contributed by atoms with Gasteiger partial charge in [0.15, 0.2) is 0 Å². The average molecular weight is 388 g/mol. The summed E-state index contributed by atoms with van der Waals surface area (Å²) in [5.74, 6) is -1.60. The molecule has 8 nitrogen and oxygen atoms in total. The fourth-order valence-electron chi connectivity index (χ4n) is 2.62. The molecule has 0 bridgehead atoms. The molecule has 0 aliphatic carbocycles. The van der Waals surface area contributed by atoms with Crippen LogP contribution in [0.5, 0.6) is 5.75 Å². The number of nitro groups is 1. The third-order valence-electron chi connectivity index (χ3n) is 4.13. The maximum absolute atomic E-state index is 12.6. The number of carbonyl (C=O) groups is 2. The number of aromatic hydroxyl groups is 1. The lowest BCUT2D eigenvalue weighted by atomic mass is 10.0. The summed E-state index contributed by atoms with van der Waals surface area (Å²) in [6.07, 6.45) is 1.13. The number of anilines is 1. The van der Waals surface area contributed by atoms with Gasteiger partial charge in [0.05, 0.1) is 10.6 Å². The molecule has 9 heteroatoms. The molecule has 2 aromatic rings. The van der Waals surface area contributed by atoms with Crippen molar-refractivity contribution in [2.24, 2.45) is 0 Å². The first kappa shape index (κ1) is 18.4. The Balaban J connectivity index is 2.03. The number of non-ortho nitro benzene ring substituents is 1. The number of hydrazine groups is 1. The molecule has 0 atom stereocenters. The maximum Gasteiger partial charge on any atom is 0.282 e. The molecule has 0 radical (unpaired) electrons. The molecule has 0 saturated carbocycles. The largest absolute Gasteiger partial charge is 0.507 e. The molecule has 27 heavy (non-hydrogen) atoms. The smallest absolute Gasteiger partial charge is 0.282 e. The van der Waals surface area contributed by atoms with Crippen LogP contribution in [0.2, 0.25) is 5.02 Å². The first-order valence-corrected chi connectivity index (χ1v) is 8.18. The molecule has 1 fully saturated rings. The van der Waals surface area contributed by atoms with E-state index in [1.54, 1.807) is 19.1 Å². The zero-order valence-corrected chi connectivity index (χ0v) is 15.1. The highest BCUT2D eigenvalue weighted by molar-refractivity contribution is 6.33. The monoisotopic (exact) mass is 387 g/mol. The van der Waals surface area contributed by atoms with Crippen molar-refractivity contribution in [1.82, 2.24) is 5.43 Å². The lowest BCUT2D eigenvalue weighted by molar-refractivity contribution is -0.384. The third-order valence-corrected chi connectivity index (χ3v) is 4.54. The second kappa shape index (κ2) is 6.73. The molecular weight excluding hydrogens is 374 g/mol. The summed E-state index contributed by atoms with van der Waals surface area (Å²) in [7, 11) is 0. The van der Waals surface area contributed by atoms with Crippen molar-refractivity contribution in [1.29, 1.82) is 0 Å². The van der Waals surface area contributed by atoms with E-state index >= 15 is 0 Å². The average Bonchev–Trinajstić information content (AvgIpc) is 2.89. The molecule has 1 heterocycles. The lowest BCUT2D eigenvalue weighted by Gasteiger charge is -2.15. The summed E-state index contributed by atoms with van der Waals surface area (Å²) in [6, 6.07) is 7.16. The van der Waals surface area contributed by atoms with Gasteiger partial charge in [0.2, 0.25) is 0 Å². The predicted octanol–water partition coefficient (Wildman–Crippen LogP) is 3.03. The van der Waals surface area contributed by atoms with Crippen LogP contribution in [-0.4, -0.2) is 21.8 Å². The van der Waals surface area contributed by atoms with E-state index in [0.29, 0.717) is 10.7 Å². The maximum atomic E-state index is 12.6. The van der Waals surface area contributed by atoms with E-state index in [4.69, 9.17) is 11.6 Å². The van der Waals surface area contributed by atoms with Crippen LogP contribution in [-0.2, 0) is 9.59 Å². The lowest BCUT2D eigenvalue weighted by Crippen LogP contribution is -2.35. The van der Waals surface area contributed by atoms with Gasteiger partial charge in [0.25, 0.3) is 17.5 Å². The summed E-state index contributed by atoms with van der Waals surface area (Å²) in [5, 5.41) is 22.6. The van der Waals surface area contributed by atoms with Crippen molar-refractivity contribution in [3.63, 3.8) is 0 Å². The van der Waals surface area contributed by atoms with Crippen molar-refractivity contribution < 1.29 is 19.6 Å². The highest BCUT2D eigenvalue weighted by Crippen LogP contribution is 2.31. The molecule has 1 saturated heterocycles. The minimum absolute atomic E-state index is 0.00369. The van der Waals surface area contributed by atoms with Crippen LogP contribution in [0.4, 0.5) is 11.4 Å². The number of phenols is 1. The van der Waals surface area contributed by atoms with E-state index in [0.717, 1.165) is 22.7 Å². The number of aryl methyl sites for hydroxylation is 2. The van der Waals surface area contributed by atoms with E-state index in [1.165, 1.54) is 19.1 Å². The van der Waals surface area contributed by atoms with Crippen molar-refractivity contribution in [2.75, 3.05) is 5.01 Å². The molecule has 1 aliphatic rings. The van der Waals surface area contributed by atoms with E-state index in [-0.39, 0.29) is 28.1 Å². The normalized spacial score (nSPS) is 15.4. The summed E-state index contributed by atoms with van der Waals surface area (Å²) in [4.78, 5) is 35.3. The van der Waals surface area contributed by atoms with Crippen LogP contribution in [0.15, 0.2) is 35.9 Å². The Hall–Kier alpha value is -3.39. The Morgan fingerprint density at radius 2 is 1.89 bits per heavy atom. The number of amides is 2. The summed E-state index contributed by atoms with van der Waals surface area (Å²) < 4.78 is 0. The van der Waals surface area contributed by atoms with Gasteiger partial charge < -0.3 is 5.11 Å². The highest BCUT2D eigenvalue weighted by Gasteiger charge is 2.35. The first-order valence-electron chi connectivity index (χ1n) is 7.80. The van der Waals surface area contributed by atoms with Gasteiger partial charge in [0, 0.05) is 22.7 Å². The van der Waals surface area contributed by atoms with Crippen molar-refractivity contribution in [3.05, 3.63) is 67.7 Å². The van der Waals surface area contributed by atoms with Crippen molar-refractivity contribution in [3.8, 4) is 5.75 Å². The number of benzene rings is 2. The molecule has 2 amide bonds. The number of nitrogens with one attached hydrogen (secondary N) is 1. The Morgan fingerprint density at radius 1 is 1.19 bits per heavy atom. The van der Waals surface area contributed by atoms with Gasteiger partial charge >= 0.3 is 0 Å². The van der Waals surface area contributed by atoms with Crippen LogP contribution in [0.25, 0.3) is 6.08 Å². The molecule has 2 aromatic carbocycles. The molecule has 1 aliphatic heterocycles.